The molecule has 0 saturated carbocycles. The Morgan fingerprint density at radius 2 is 2.13 bits per heavy atom. The molecule has 2 aromatic rings. The number of nitrogens with one attached hydrogen (secondary N) is 1. The summed E-state index contributed by atoms with van der Waals surface area (Å²) < 4.78 is 0. The number of aromatic amines is 1. The molecule has 3 N–H and O–H groups in total. The molecule has 122 valence electrons. The van der Waals surface area contributed by atoms with Crippen molar-refractivity contribution in [1.29, 1.82) is 0 Å². The first-order chi connectivity index (χ1) is 11.2. The van der Waals surface area contributed by atoms with Crippen LogP contribution in [0.25, 0.3) is 11.1 Å². The standard InChI is InChI=1S/C17H21N3O3/c21-11-16(22)12-4-6-20(7-5-12)17(23)14-3-1-2-13(8-14)15-9-18-19-10-15/h1-3,8-10,12,16,21-22H,4-7,11H2,(H,18,19). The quantitative estimate of drug-likeness (QED) is 0.793. The van der Waals surface area contributed by atoms with Gasteiger partial charge in [-0.15, -0.1) is 0 Å². The third kappa shape index (κ3) is 3.43. The largest absolute Gasteiger partial charge is 0.394 e. The van der Waals surface area contributed by atoms with E-state index in [1.165, 1.54) is 0 Å². The van der Waals surface area contributed by atoms with Gasteiger partial charge in [-0.3, -0.25) is 9.89 Å². The number of hydrogen-bond acceptors (Lipinski definition) is 4. The van der Waals surface area contributed by atoms with E-state index in [9.17, 15) is 9.90 Å². The summed E-state index contributed by atoms with van der Waals surface area (Å²) in [6.45, 7) is 0.998. The fraction of sp³-hybridized carbons (Fsp3) is 0.412. The maximum Gasteiger partial charge on any atom is 0.253 e. The van der Waals surface area contributed by atoms with Crippen molar-refractivity contribution >= 4 is 5.91 Å². The number of aromatic nitrogens is 2. The third-order valence-corrected chi connectivity index (χ3v) is 4.50. The van der Waals surface area contributed by atoms with Crippen LogP contribution >= 0.6 is 0 Å². The number of amides is 1. The molecule has 6 heteroatoms. The molecule has 6 nitrogen and oxygen atoms in total. The Kier molecular flexibility index (Phi) is 4.73. The number of likely N-dealkylation sites (tertiary alicyclic amines) is 1. The summed E-state index contributed by atoms with van der Waals surface area (Å²) in [7, 11) is 0. The van der Waals surface area contributed by atoms with Gasteiger partial charge in [-0.25, -0.2) is 0 Å². The van der Waals surface area contributed by atoms with Crippen LogP contribution in [0, 0.1) is 5.92 Å². The Labute approximate surface area is 134 Å². The highest BCUT2D eigenvalue weighted by atomic mass is 16.3. The molecule has 0 radical (unpaired) electrons. The summed E-state index contributed by atoms with van der Waals surface area (Å²) in [5, 5.41) is 25.4. The average Bonchev–Trinajstić information content (AvgIpc) is 3.15. The molecular formula is C17H21N3O3. The van der Waals surface area contributed by atoms with Gasteiger partial charge in [0.2, 0.25) is 0 Å². The summed E-state index contributed by atoms with van der Waals surface area (Å²) >= 11 is 0. The zero-order valence-electron chi connectivity index (χ0n) is 12.9. The van der Waals surface area contributed by atoms with Gasteiger partial charge in [0.1, 0.15) is 0 Å². The highest BCUT2D eigenvalue weighted by molar-refractivity contribution is 5.95. The molecule has 23 heavy (non-hydrogen) atoms. The molecule has 1 fully saturated rings. The van der Waals surface area contributed by atoms with Crippen LogP contribution in [0.2, 0.25) is 0 Å². The van der Waals surface area contributed by atoms with Crippen LogP contribution in [0.4, 0.5) is 0 Å². The van der Waals surface area contributed by atoms with Gasteiger partial charge < -0.3 is 15.1 Å². The Hall–Kier alpha value is -2.18. The van der Waals surface area contributed by atoms with E-state index in [0.29, 0.717) is 18.7 Å². The van der Waals surface area contributed by atoms with E-state index >= 15 is 0 Å². The number of nitrogens with zero attached hydrogens (tertiary/aromatic N) is 2. The molecule has 1 saturated heterocycles. The second kappa shape index (κ2) is 6.93. The van der Waals surface area contributed by atoms with Crippen molar-refractivity contribution < 1.29 is 15.0 Å². The normalized spacial score (nSPS) is 17.2. The lowest BCUT2D eigenvalue weighted by Gasteiger charge is -2.33. The van der Waals surface area contributed by atoms with Gasteiger partial charge in [-0.05, 0) is 36.5 Å². The number of aliphatic hydroxyl groups is 2. The van der Waals surface area contributed by atoms with Crippen molar-refractivity contribution in [1.82, 2.24) is 15.1 Å². The SMILES string of the molecule is O=C(c1cccc(-c2cn[nH]c2)c1)N1CCC(C(O)CO)CC1. The molecule has 1 amide bonds. The Balaban J connectivity index is 1.68. The van der Waals surface area contributed by atoms with E-state index in [1.807, 2.05) is 29.2 Å². The first-order valence-corrected chi connectivity index (χ1v) is 7.86. The topological polar surface area (TPSA) is 89.5 Å². The van der Waals surface area contributed by atoms with Crippen molar-refractivity contribution in [2.45, 2.75) is 18.9 Å². The molecule has 1 aliphatic rings. The number of H-pyrrole nitrogens is 1. The van der Waals surface area contributed by atoms with Crippen LogP contribution < -0.4 is 0 Å². The minimum Gasteiger partial charge on any atom is -0.394 e. The second-order valence-corrected chi connectivity index (χ2v) is 5.95. The number of piperidine rings is 1. The number of carbonyl (C=O) groups is 1. The van der Waals surface area contributed by atoms with Gasteiger partial charge in [0.05, 0.1) is 18.9 Å². The van der Waals surface area contributed by atoms with E-state index in [1.54, 1.807) is 12.4 Å². The molecule has 1 aromatic carbocycles. The number of carbonyl (C=O) groups excluding carboxylic acids is 1. The van der Waals surface area contributed by atoms with Crippen LogP contribution in [0.5, 0.6) is 0 Å². The molecule has 3 rings (SSSR count). The third-order valence-electron chi connectivity index (χ3n) is 4.50. The van der Waals surface area contributed by atoms with Gasteiger partial charge in [0.15, 0.2) is 0 Å². The molecule has 0 aliphatic carbocycles. The van der Waals surface area contributed by atoms with Crippen molar-refractivity contribution in [3.8, 4) is 11.1 Å². The predicted octanol–water partition coefficient (Wildman–Crippen LogP) is 1.28. The molecular weight excluding hydrogens is 294 g/mol. The average molecular weight is 315 g/mol. The Bertz CT molecular complexity index is 649. The van der Waals surface area contributed by atoms with Gasteiger partial charge in [-0.1, -0.05) is 12.1 Å². The fourth-order valence-corrected chi connectivity index (χ4v) is 3.06. The van der Waals surface area contributed by atoms with Gasteiger partial charge in [-0.2, -0.15) is 5.10 Å². The smallest absolute Gasteiger partial charge is 0.253 e. The molecule has 0 spiro atoms. The van der Waals surface area contributed by atoms with Crippen LogP contribution in [0.3, 0.4) is 0 Å². The maximum atomic E-state index is 12.7. The summed E-state index contributed by atoms with van der Waals surface area (Å²) in [6, 6.07) is 7.52. The maximum absolute atomic E-state index is 12.7. The lowest BCUT2D eigenvalue weighted by atomic mass is 9.91. The highest BCUT2D eigenvalue weighted by Gasteiger charge is 2.27. The molecule has 0 bridgehead atoms. The zero-order valence-corrected chi connectivity index (χ0v) is 12.9. The molecule has 1 aliphatic heterocycles. The summed E-state index contributed by atoms with van der Waals surface area (Å²) in [5.41, 5.74) is 2.56. The lowest BCUT2D eigenvalue weighted by molar-refractivity contribution is 0.0179. The van der Waals surface area contributed by atoms with E-state index in [0.717, 1.165) is 24.0 Å². The Morgan fingerprint density at radius 1 is 1.35 bits per heavy atom. The van der Waals surface area contributed by atoms with Crippen molar-refractivity contribution in [3.63, 3.8) is 0 Å². The van der Waals surface area contributed by atoms with Crippen LogP contribution in [-0.2, 0) is 0 Å². The van der Waals surface area contributed by atoms with E-state index < -0.39 is 6.10 Å². The molecule has 1 unspecified atom stereocenters. The van der Waals surface area contributed by atoms with E-state index in [-0.39, 0.29) is 18.4 Å². The lowest BCUT2D eigenvalue weighted by Crippen LogP contribution is -2.42. The minimum atomic E-state index is -0.684. The minimum absolute atomic E-state index is 0.00674. The number of hydrogen-bond donors (Lipinski definition) is 3. The molecule has 1 aromatic heterocycles. The van der Waals surface area contributed by atoms with Crippen molar-refractivity contribution in [2.75, 3.05) is 19.7 Å². The molecule has 1 atom stereocenters. The van der Waals surface area contributed by atoms with Crippen LogP contribution in [0.15, 0.2) is 36.7 Å². The number of benzene rings is 1. The van der Waals surface area contributed by atoms with Crippen LogP contribution in [0.1, 0.15) is 23.2 Å². The first kappa shape index (κ1) is 15.7. The van der Waals surface area contributed by atoms with Crippen LogP contribution in [-0.4, -0.2) is 57.0 Å². The predicted molar refractivity (Wildman–Crippen MR) is 85.7 cm³/mol. The van der Waals surface area contributed by atoms with E-state index in [4.69, 9.17) is 5.11 Å². The number of aliphatic hydroxyl groups excluding tert-OH is 2. The summed E-state index contributed by atoms with van der Waals surface area (Å²) in [4.78, 5) is 14.5. The van der Waals surface area contributed by atoms with Gasteiger partial charge in [0.25, 0.3) is 5.91 Å². The Morgan fingerprint density at radius 3 is 2.78 bits per heavy atom. The summed E-state index contributed by atoms with van der Waals surface area (Å²) in [5.74, 6) is 0.0774. The van der Waals surface area contributed by atoms with Gasteiger partial charge >= 0.3 is 0 Å². The van der Waals surface area contributed by atoms with E-state index in [2.05, 4.69) is 10.2 Å². The zero-order chi connectivity index (χ0) is 16.2. The molecule has 2 heterocycles. The van der Waals surface area contributed by atoms with Gasteiger partial charge in [0, 0.05) is 30.4 Å². The highest BCUT2D eigenvalue weighted by Crippen LogP contribution is 2.24. The number of rotatable bonds is 4. The monoisotopic (exact) mass is 315 g/mol. The first-order valence-electron chi connectivity index (χ1n) is 7.86. The summed E-state index contributed by atoms with van der Waals surface area (Å²) in [6.07, 6.45) is 4.28. The van der Waals surface area contributed by atoms with Crippen molar-refractivity contribution in [3.05, 3.63) is 42.2 Å². The fourth-order valence-electron chi connectivity index (χ4n) is 3.06. The second-order valence-electron chi connectivity index (χ2n) is 5.95. The van der Waals surface area contributed by atoms with Crippen molar-refractivity contribution in [2.24, 2.45) is 5.92 Å².